The minimum atomic E-state index is -0.268. The molecule has 2 aromatic carbocycles. The number of aromatic nitrogens is 3. The molecule has 9 heteroatoms. The first-order chi connectivity index (χ1) is 19.8. The molecule has 1 aliphatic rings. The second-order valence-corrected chi connectivity index (χ2v) is 11.0. The van der Waals surface area contributed by atoms with Crippen LogP contribution in [-0.2, 0) is 11.3 Å². The van der Waals surface area contributed by atoms with E-state index in [4.69, 9.17) is 9.72 Å². The number of ether oxygens (including phenoxy) is 1. The van der Waals surface area contributed by atoms with Crippen LogP contribution < -0.4 is 15.8 Å². The fourth-order valence-corrected chi connectivity index (χ4v) is 5.01. The molecule has 2 atom stereocenters. The predicted octanol–water partition coefficient (Wildman–Crippen LogP) is 6.28. The number of anilines is 2. The summed E-state index contributed by atoms with van der Waals surface area (Å²) in [5, 5.41) is 4.23. The van der Waals surface area contributed by atoms with Crippen LogP contribution >= 0.6 is 0 Å². The zero-order chi connectivity index (χ0) is 28.9. The number of nitrogens with zero attached hydrogens (tertiary/aromatic N) is 5. The standard InChI is InChI=1S/C32H38N6O3.CH4/c1-22(2)24(4)38-29(39)15-12-27-20-33-31(35-30(27)38)34-23(3)26-10-13-28(14-11-26)36-16-18-37(19-17-36)32(40)41-21-25-8-6-5-7-9-25;/h5-15,20,22-24H,16-19,21H2,1-4H3,(H,33,34,35);1H4/t23-,24-;/m0./s1. The lowest BCUT2D eigenvalue weighted by molar-refractivity contribution is 0.0942. The molecule has 3 heterocycles. The highest BCUT2D eigenvalue weighted by Gasteiger charge is 2.23. The van der Waals surface area contributed by atoms with E-state index in [1.807, 2.05) is 37.3 Å². The Kier molecular flexibility index (Phi) is 9.83. The first-order valence-electron chi connectivity index (χ1n) is 14.3. The summed E-state index contributed by atoms with van der Waals surface area (Å²) in [7, 11) is 0. The number of benzene rings is 2. The molecule has 0 radical (unpaired) electrons. The molecule has 0 aliphatic carbocycles. The fraction of sp³-hybridized carbons (Fsp3) is 0.394. The normalized spacial score (nSPS) is 14.8. The molecule has 5 rings (SSSR count). The van der Waals surface area contributed by atoms with Gasteiger partial charge >= 0.3 is 6.09 Å². The summed E-state index contributed by atoms with van der Waals surface area (Å²) in [5.74, 6) is 0.776. The Morgan fingerprint density at radius 1 is 0.929 bits per heavy atom. The van der Waals surface area contributed by atoms with Crippen LogP contribution in [0.25, 0.3) is 11.0 Å². The van der Waals surface area contributed by atoms with Crippen molar-refractivity contribution in [3.63, 3.8) is 0 Å². The van der Waals surface area contributed by atoms with Crippen molar-refractivity contribution in [3.05, 3.63) is 94.4 Å². The molecule has 1 N–H and O–H groups in total. The highest BCUT2D eigenvalue weighted by Crippen LogP contribution is 2.24. The topological polar surface area (TPSA) is 92.6 Å². The number of pyridine rings is 1. The third-order valence-electron chi connectivity index (χ3n) is 7.89. The number of carbonyl (C=O) groups excluding carboxylic acids is 1. The van der Waals surface area contributed by atoms with Crippen LogP contribution in [0.2, 0.25) is 0 Å². The maximum absolute atomic E-state index is 12.7. The van der Waals surface area contributed by atoms with Crippen molar-refractivity contribution in [2.75, 3.05) is 36.4 Å². The molecule has 1 amide bonds. The molecule has 2 aromatic heterocycles. The molecule has 42 heavy (non-hydrogen) atoms. The smallest absolute Gasteiger partial charge is 0.410 e. The van der Waals surface area contributed by atoms with Crippen LogP contribution in [-0.4, -0.2) is 51.7 Å². The number of rotatable bonds is 8. The molecular formula is C33H42N6O3. The Hall–Kier alpha value is -4.40. The molecule has 1 saturated heterocycles. The number of nitrogens with one attached hydrogen (secondary N) is 1. The first kappa shape index (κ1) is 30.6. The number of hydrogen-bond acceptors (Lipinski definition) is 7. The van der Waals surface area contributed by atoms with Gasteiger partial charge in [-0.05, 0) is 49.1 Å². The van der Waals surface area contributed by atoms with Crippen molar-refractivity contribution in [1.29, 1.82) is 0 Å². The Morgan fingerprint density at radius 2 is 1.62 bits per heavy atom. The molecule has 0 unspecified atom stereocenters. The Bertz CT molecular complexity index is 1530. The van der Waals surface area contributed by atoms with Gasteiger partial charge in [-0.15, -0.1) is 0 Å². The number of hydrogen-bond donors (Lipinski definition) is 1. The molecule has 1 aliphatic heterocycles. The lowest BCUT2D eigenvalue weighted by Crippen LogP contribution is -2.48. The van der Waals surface area contributed by atoms with Gasteiger partial charge in [0.25, 0.3) is 5.56 Å². The van der Waals surface area contributed by atoms with Crippen molar-refractivity contribution in [2.45, 2.75) is 53.8 Å². The molecule has 9 nitrogen and oxygen atoms in total. The van der Waals surface area contributed by atoms with Gasteiger partial charge in [0, 0.05) is 55.6 Å². The predicted molar refractivity (Wildman–Crippen MR) is 169 cm³/mol. The van der Waals surface area contributed by atoms with Crippen LogP contribution in [0, 0.1) is 5.92 Å². The molecule has 0 spiro atoms. The van der Waals surface area contributed by atoms with Gasteiger partial charge in [-0.25, -0.2) is 9.78 Å². The van der Waals surface area contributed by atoms with Crippen LogP contribution in [0.4, 0.5) is 16.4 Å². The molecule has 0 bridgehead atoms. The molecule has 4 aromatic rings. The summed E-state index contributed by atoms with van der Waals surface area (Å²) in [6.45, 7) is 11.3. The van der Waals surface area contributed by atoms with E-state index < -0.39 is 0 Å². The highest BCUT2D eigenvalue weighted by molar-refractivity contribution is 5.75. The van der Waals surface area contributed by atoms with E-state index in [0.717, 1.165) is 35.3 Å². The van der Waals surface area contributed by atoms with E-state index in [2.05, 4.69) is 60.2 Å². The lowest BCUT2D eigenvalue weighted by Gasteiger charge is -2.35. The van der Waals surface area contributed by atoms with E-state index in [9.17, 15) is 9.59 Å². The summed E-state index contributed by atoms with van der Waals surface area (Å²) >= 11 is 0. The highest BCUT2D eigenvalue weighted by atomic mass is 16.6. The Balaban J connectivity index is 0.00000405. The van der Waals surface area contributed by atoms with Gasteiger partial charge in [0.05, 0.1) is 6.04 Å². The Labute approximate surface area is 248 Å². The first-order valence-corrected chi connectivity index (χ1v) is 14.3. The van der Waals surface area contributed by atoms with Crippen molar-refractivity contribution in [2.24, 2.45) is 5.92 Å². The molecular weight excluding hydrogens is 528 g/mol. The monoisotopic (exact) mass is 570 g/mol. The van der Waals surface area contributed by atoms with Crippen molar-refractivity contribution >= 4 is 28.8 Å². The average molecular weight is 571 g/mol. The van der Waals surface area contributed by atoms with Crippen molar-refractivity contribution in [3.8, 4) is 0 Å². The van der Waals surface area contributed by atoms with Gasteiger partial charge < -0.3 is 19.9 Å². The lowest BCUT2D eigenvalue weighted by atomic mass is 10.1. The average Bonchev–Trinajstić information content (AvgIpc) is 3.00. The quantitative estimate of drug-likeness (QED) is 0.267. The Morgan fingerprint density at radius 3 is 2.29 bits per heavy atom. The second-order valence-electron chi connectivity index (χ2n) is 11.0. The van der Waals surface area contributed by atoms with Crippen molar-refractivity contribution in [1.82, 2.24) is 19.4 Å². The molecule has 1 fully saturated rings. The largest absolute Gasteiger partial charge is 0.445 e. The fourth-order valence-electron chi connectivity index (χ4n) is 5.01. The number of carbonyl (C=O) groups is 1. The van der Waals surface area contributed by atoms with Gasteiger partial charge in [0.1, 0.15) is 12.3 Å². The summed E-state index contributed by atoms with van der Waals surface area (Å²) < 4.78 is 7.25. The van der Waals surface area contributed by atoms with Gasteiger partial charge in [-0.1, -0.05) is 63.7 Å². The van der Waals surface area contributed by atoms with E-state index in [0.29, 0.717) is 30.6 Å². The van der Waals surface area contributed by atoms with E-state index in [-0.39, 0.29) is 37.8 Å². The van der Waals surface area contributed by atoms with Gasteiger partial charge in [0.15, 0.2) is 0 Å². The van der Waals surface area contributed by atoms with E-state index in [1.165, 1.54) is 0 Å². The zero-order valence-electron chi connectivity index (χ0n) is 24.2. The summed E-state index contributed by atoms with van der Waals surface area (Å²) in [6.07, 6.45) is 1.50. The summed E-state index contributed by atoms with van der Waals surface area (Å²) in [5.41, 5.74) is 3.78. The third-order valence-corrected chi connectivity index (χ3v) is 7.89. The van der Waals surface area contributed by atoms with Crippen LogP contribution in [0.3, 0.4) is 0 Å². The minimum Gasteiger partial charge on any atom is -0.445 e. The zero-order valence-corrected chi connectivity index (χ0v) is 24.2. The van der Waals surface area contributed by atoms with Crippen LogP contribution in [0.5, 0.6) is 0 Å². The SMILES string of the molecule is C.CC(C)[C@H](C)n1c(=O)ccc2cnc(N[C@@H](C)c3ccc(N4CCN(C(=O)OCc5ccccc5)CC4)cc3)nc21. The third kappa shape index (κ3) is 6.90. The van der Waals surface area contributed by atoms with Crippen LogP contribution in [0.1, 0.15) is 58.3 Å². The van der Waals surface area contributed by atoms with Gasteiger partial charge in [-0.3, -0.25) is 9.36 Å². The van der Waals surface area contributed by atoms with Crippen molar-refractivity contribution < 1.29 is 9.53 Å². The van der Waals surface area contributed by atoms with E-state index in [1.54, 1.807) is 27.8 Å². The van der Waals surface area contributed by atoms with Crippen LogP contribution in [0.15, 0.2) is 77.7 Å². The molecule has 0 saturated carbocycles. The number of amides is 1. The number of fused-ring (bicyclic) bond motifs is 1. The summed E-state index contributed by atoms with van der Waals surface area (Å²) in [4.78, 5) is 38.5. The van der Waals surface area contributed by atoms with E-state index >= 15 is 0 Å². The number of piperazine rings is 1. The summed E-state index contributed by atoms with van der Waals surface area (Å²) in [6, 6.07) is 21.5. The second kappa shape index (κ2) is 13.5. The maximum Gasteiger partial charge on any atom is 0.410 e. The minimum absolute atomic E-state index is 0. The van der Waals surface area contributed by atoms with Gasteiger partial charge in [-0.2, -0.15) is 4.98 Å². The van der Waals surface area contributed by atoms with Gasteiger partial charge in [0.2, 0.25) is 5.95 Å². The maximum atomic E-state index is 12.7. The molecule has 222 valence electrons.